The third-order valence-corrected chi connectivity index (χ3v) is 2.68. The highest BCUT2D eigenvalue weighted by Gasteiger charge is 2.06. The highest BCUT2D eigenvalue weighted by molar-refractivity contribution is 6.32. The molecule has 0 amide bonds. The molecule has 0 spiro atoms. The average molecular weight is 258 g/mol. The van der Waals surface area contributed by atoms with Crippen molar-refractivity contribution in [2.24, 2.45) is 0 Å². The fourth-order valence-corrected chi connectivity index (χ4v) is 1.71. The van der Waals surface area contributed by atoms with Crippen LogP contribution in [0.2, 0.25) is 5.02 Å². The normalized spacial score (nSPS) is 10.1. The number of aryl methyl sites for hydroxylation is 1. The van der Waals surface area contributed by atoms with E-state index in [1.807, 2.05) is 13.0 Å². The molecular weight excluding hydrogens is 242 g/mol. The van der Waals surface area contributed by atoms with Gasteiger partial charge in [0.1, 0.15) is 5.75 Å². The molecule has 0 saturated heterocycles. The summed E-state index contributed by atoms with van der Waals surface area (Å²) in [6.07, 6.45) is 0.744. The molecule has 0 saturated carbocycles. The highest BCUT2D eigenvalue weighted by Crippen LogP contribution is 2.30. The number of hydrogen-bond acceptors (Lipinski definition) is 3. The van der Waals surface area contributed by atoms with E-state index in [0.717, 1.165) is 11.3 Å². The maximum Gasteiger partial charge on any atom is 0.303 e. The topological polar surface area (TPSA) is 58.6 Å². The van der Waals surface area contributed by atoms with Crippen LogP contribution in [-0.4, -0.2) is 24.7 Å². The van der Waals surface area contributed by atoms with Crippen molar-refractivity contribution in [2.45, 2.75) is 19.8 Å². The molecule has 94 valence electrons. The predicted molar refractivity (Wildman–Crippen MR) is 68.1 cm³/mol. The van der Waals surface area contributed by atoms with Crippen LogP contribution in [0.5, 0.6) is 5.75 Å². The van der Waals surface area contributed by atoms with Gasteiger partial charge in [0.05, 0.1) is 12.1 Å². The van der Waals surface area contributed by atoms with E-state index < -0.39 is 5.97 Å². The summed E-state index contributed by atoms with van der Waals surface area (Å²) in [6, 6.07) is 3.64. The molecule has 0 atom stereocenters. The van der Waals surface area contributed by atoms with E-state index in [4.69, 9.17) is 21.4 Å². The number of methoxy groups -OCH3 is 1. The predicted octanol–water partition coefficient (Wildman–Crippen LogP) is 2.93. The first-order valence-electron chi connectivity index (χ1n) is 5.34. The minimum atomic E-state index is -0.781. The summed E-state index contributed by atoms with van der Waals surface area (Å²) in [4.78, 5) is 10.3. The minimum absolute atomic E-state index is 0.163. The second-order valence-electron chi connectivity index (χ2n) is 3.73. The van der Waals surface area contributed by atoms with Gasteiger partial charge in [0.2, 0.25) is 0 Å². The summed E-state index contributed by atoms with van der Waals surface area (Å²) in [5.41, 5.74) is 1.92. The van der Waals surface area contributed by atoms with Crippen molar-refractivity contribution in [3.63, 3.8) is 0 Å². The molecule has 0 aliphatic carbocycles. The number of nitrogens with one attached hydrogen (secondary N) is 1. The molecule has 1 rings (SSSR count). The Labute approximate surface area is 106 Å². The van der Waals surface area contributed by atoms with Gasteiger partial charge >= 0.3 is 5.97 Å². The molecule has 17 heavy (non-hydrogen) atoms. The van der Waals surface area contributed by atoms with Crippen LogP contribution in [0.1, 0.15) is 18.4 Å². The van der Waals surface area contributed by atoms with Crippen LogP contribution >= 0.6 is 11.6 Å². The smallest absolute Gasteiger partial charge is 0.303 e. The number of benzene rings is 1. The summed E-state index contributed by atoms with van der Waals surface area (Å²) in [7, 11) is 1.57. The van der Waals surface area contributed by atoms with Gasteiger partial charge in [0.25, 0.3) is 0 Å². The molecule has 0 aromatic heterocycles. The Hall–Kier alpha value is -1.42. The molecule has 0 heterocycles. The lowest BCUT2D eigenvalue weighted by atomic mass is 10.2. The van der Waals surface area contributed by atoms with Crippen molar-refractivity contribution in [1.82, 2.24) is 0 Å². The number of carboxylic acids is 1. The molecule has 1 aromatic rings. The van der Waals surface area contributed by atoms with Crippen molar-refractivity contribution >= 4 is 23.3 Å². The van der Waals surface area contributed by atoms with Crippen LogP contribution in [0.15, 0.2) is 12.1 Å². The van der Waals surface area contributed by atoms with Gasteiger partial charge in [-0.1, -0.05) is 11.6 Å². The second-order valence-corrected chi connectivity index (χ2v) is 4.13. The Bertz CT molecular complexity index is 407. The first kappa shape index (κ1) is 13.6. The van der Waals surface area contributed by atoms with Crippen LogP contribution < -0.4 is 10.1 Å². The maximum absolute atomic E-state index is 10.3. The highest BCUT2D eigenvalue weighted by atomic mass is 35.5. The van der Waals surface area contributed by atoms with E-state index in [1.165, 1.54) is 0 Å². The van der Waals surface area contributed by atoms with E-state index in [2.05, 4.69) is 5.32 Å². The third kappa shape index (κ3) is 4.15. The zero-order chi connectivity index (χ0) is 12.8. The van der Waals surface area contributed by atoms with E-state index in [-0.39, 0.29) is 6.42 Å². The SMILES string of the molecule is COc1cc(C)c(NCCCC(=O)O)cc1Cl. The van der Waals surface area contributed by atoms with E-state index in [9.17, 15) is 4.79 Å². The van der Waals surface area contributed by atoms with Crippen molar-refractivity contribution in [1.29, 1.82) is 0 Å². The molecule has 0 fully saturated rings. The number of carboxylic acid groups (broad SMARTS) is 1. The zero-order valence-corrected chi connectivity index (χ0v) is 10.7. The molecule has 0 aliphatic heterocycles. The number of anilines is 1. The van der Waals surface area contributed by atoms with Crippen LogP contribution in [0.25, 0.3) is 0 Å². The van der Waals surface area contributed by atoms with Gasteiger partial charge in [-0.15, -0.1) is 0 Å². The van der Waals surface area contributed by atoms with Gasteiger partial charge in [-0.25, -0.2) is 0 Å². The number of hydrogen-bond donors (Lipinski definition) is 2. The molecule has 4 nitrogen and oxygen atoms in total. The molecule has 0 unspecified atom stereocenters. The summed E-state index contributed by atoms with van der Waals surface area (Å²) < 4.78 is 5.10. The quantitative estimate of drug-likeness (QED) is 0.770. The van der Waals surface area contributed by atoms with Crippen LogP contribution in [0.3, 0.4) is 0 Å². The summed E-state index contributed by atoms with van der Waals surface area (Å²) in [6.45, 7) is 2.55. The summed E-state index contributed by atoms with van der Waals surface area (Å²) in [5.74, 6) is -0.142. The monoisotopic (exact) mass is 257 g/mol. The number of halogens is 1. The number of carbonyl (C=O) groups is 1. The fourth-order valence-electron chi connectivity index (χ4n) is 1.46. The van der Waals surface area contributed by atoms with Crippen molar-refractivity contribution in [3.05, 3.63) is 22.7 Å². The summed E-state index contributed by atoms with van der Waals surface area (Å²) in [5, 5.41) is 12.2. The van der Waals surface area contributed by atoms with E-state index in [0.29, 0.717) is 23.7 Å². The van der Waals surface area contributed by atoms with Gasteiger partial charge in [0, 0.05) is 18.7 Å². The Morgan fingerprint density at radius 3 is 2.82 bits per heavy atom. The van der Waals surface area contributed by atoms with Crippen LogP contribution in [0, 0.1) is 6.92 Å². The van der Waals surface area contributed by atoms with Gasteiger partial charge in [-0.05, 0) is 31.0 Å². The zero-order valence-electron chi connectivity index (χ0n) is 9.92. The Morgan fingerprint density at radius 1 is 1.53 bits per heavy atom. The second kappa shape index (κ2) is 6.35. The lowest BCUT2D eigenvalue weighted by Gasteiger charge is -2.12. The van der Waals surface area contributed by atoms with E-state index >= 15 is 0 Å². The lowest BCUT2D eigenvalue weighted by molar-refractivity contribution is -0.137. The van der Waals surface area contributed by atoms with Gasteiger partial charge in [-0.3, -0.25) is 4.79 Å². The average Bonchev–Trinajstić information content (AvgIpc) is 2.28. The number of rotatable bonds is 6. The lowest BCUT2D eigenvalue weighted by Crippen LogP contribution is -2.06. The maximum atomic E-state index is 10.3. The Morgan fingerprint density at radius 2 is 2.24 bits per heavy atom. The molecule has 0 bridgehead atoms. The third-order valence-electron chi connectivity index (χ3n) is 2.38. The molecule has 1 aromatic carbocycles. The number of aliphatic carboxylic acids is 1. The molecule has 5 heteroatoms. The van der Waals surface area contributed by atoms with Crippen molar-refractivity contribution in [3.8, 4) is 5.75 Å². The number of ether oxygens (including phenoxy) is 1. The largest absolute Gasteiger partial charge is 0.495 e. The Kier molecular flexibility index (Phi) is 5.10. The Balaban J connectivity index is 2.59. The van der Waals surface area contributed by atoms with Gasteiger partial charge in [0.15, 0.2) is 0 Å². The fraction of sp³-hybridized carbons (Fsp3) is 0.417. The summed E-state index contributed by atoms with van der Waals surface area (Å²) >= 11 is 6.01. The van der Waals surface area contributed by atoms with Crippen molar-refractivity contribution < 1.29 is 14.6 Å². The first-order valence-corrected chi connectivity index (χ1v) is 5.72. The molecular formula is C12H16ClNO3. The van der Waals surface area contributed by atoms with Gasteiger partial charge < -0.3 is 15.2 Å². The molecule has 0 aliphatic rings. The van der Waals surface area contributed by atoms with Crippen molar-refractivity contribution in [2.75, 3.05) is 19.0 Å². The molecule has 2 N–H and O–H groups in total. The minimum Gasteiger partial charge on any atom is -0.495 e. The van der Waals surface area contributed by atoms with Crippen LogP contribution in [-0.2, 0) is 4.79 Å². The van der Waals surface area contributed by atoms with E-state index in [1.54, 1.807) is 13.2 Å². The standard InChI is InChI=1S/C12H16ClNO3/c1-8-6-11(17-2)9(13)7-10(8)14-5-3-4-12(15)16/h6-7,14H,3-5H2,1-2H3,(H,15,16). The molecule has 0 radical (unpaired) electrons. The first-order chi connectivity index (χ1) is 8.04. The van der Waals surface area contributed by atoms with Gasteiger partial charge in [-0.2, -0.15) is 0 Å². The van der Waals surface area contributed by atoms with Crippen LogP contribution in [0.4, 0.5) is 5.69 Å².